The van der Waals surface area contributed by atoms with Crippen LogP contribution in [0.2, 0.25) is 0 Å². The van der Waals surface area contributed by atoms with Gasteiger partial charge in [-0.1, -0.05) is 13.3 Å². The lowest BCUT2D eigenvalue weighted by atomic mass is 10.1. The van der Waals surface area contributed by atoms with Crippen molar-refractivity contribution in [3.05, 3.63) is 32.2 Å². The maximum atomic E-state index is 12.5. The highest BCUT2D eigenvalue weighted by molar-refractivity contribution is 7.17. The monoisotopic (exact) mass is 359 g/mol. The Morgan fingerprint density at radius 1 is 1.36 bits per heavy atom. The van der Waals surface area contributed by atoms with Gasteiger partial charge in [-0.05, 0) is 32.8 Å². The normalized spacial score (nSPS) is 11.8. The van der Waals surface area contributed by atoms with Crippen molar-refractivity contribution in [3.8, 4) is 16.6 Å². The van der Waals surface area contributed by atoms with Gasteiger partial charge in [0, 0.05) is 7.05 Å². The molecule has 25 heavy (non-hydrogen) atoms. The minimum absolute atomic E-state index is 0.246. The van der Waals surface area contributed by atoms with Crippen LogP contribution in [-0.4, -0.2) is 26.7 Å². The molecule has 0 spiro atoms. The van der Waals surface area contributed by atoms with Gasteiger partial charge < -0.3 is 5.32 Å². The Hall–Kier alpha value is -2.53. The predicted molar refractivity (Wildman–Crippen MR) is 96.6 cm³/mol. The molecular weight excluding hydrogens is 338 g/mol. The Morgan fingerprint density at radius 2 is 2.04 bits per heavy atom. The lowest BCUT2D eigenvalue weighted by Gasteiger charge is -2.09. The van der Waals surface area contributed by atoms with Gasteiger partial charge in [-0.25, -0.2) is 9.67 Å². The van der Waals surface area contributed by atoms with Gasteiger partial charge in [0.2, 0.25) is 0 Å². The standard InChI is InChI=1S/C17H21N5O2S/c1-6-7-12(8-18)20-15(23)14-11(4)19-16(25-14)13-9(2)10(3)21-22(5)17(13)24/h12H,6-7H2,1-5H3,(H,20,23). The van der Waals surface area contributed by atoms with Crippen molar-refractivity contribution < 1.29 is 4.79 Å². The summed E-state index contributed by atoms with van der Waals surface area (Å²) in [5.74, 6) is -0.332. The smallest absolute Gasteiger partial charge is 0.277 e. The largest absolute Gasteiger partial charge is 0.336 e. The number of aryl methyl sites for hydroxylation is 3. The average Bonchev–Trinajstić information content (AvgIpc) is 2.94. The van der Waals surface area contributed by atoms with E-state index in [9.17, 15) is 9.59 Å². The topological polar surface area (TPSA) is 101 Å². The lowest BCUT2D eigenvalue weighted by Crippen LogP contribution is -2.33. The summed E-state index contributed by atoms with van der Waals surface area (Å²) in [6.07, 6.45) is 1.40. The first-order valence-electron chi connectivity index (χ1n) is 8.02. The van der Waals surface area contributed by atoms with Crippen molar-refractivity contribution in [2.24, 2.45) is 7.05 Å². The van der Waals surface area contributed by atoms with E-state index in [-0.39, 0.29) is 11.5 Å². The number of nitriles is 1. The minimum Gasteiger partial charge on any atom is -0.336 e. The molecule has 0 aliphatic carbocycles. The molecule has 0 aromatic carbocycles. The zero-order valence-electron chi connectivity index (χ0n) is 15.0. The third-order valence-electron chi connectivity index (χ3n) is 3.98. The van der Waals surface area contributed by atoms with Crippen molar-refractivity contribution >= 4 is 17.2 Å². The van der Waals surface area contributed by atoms with Crippen LogP contribution in [0.4, 0.5) is 0 Å². The van der Waals surface area contributed by atoms with Gasteiger partial charge in [0.25, 0.3) is 11.5 Å². The second-order valence-corrected chi connectivity index (χ2v) is 6.89. The fourth-order valence-electron chi connectivity index (χ4n) is 2.50. The van der Waals surface area contributed by atoms with Gasteiger partial charge in [-0.2, -0.15) is 10.4 Å². The molecule has 2 rings (SSSR count). The van der Waals surface area contributed by atoms with Crippen LogP contribution in [0, 0.1) is 32.1 Å². The molecule has 8 heteroatoms. The van der Waals surface area contributed by atoms with Crippen LogP contribution < -0.4 is 10.9 Å². The van der Waals surface area contributed by atoms with Gasteiger partial charge >= 0.3 is 0 Å². The molecule has 1 N–H and O–H groups in total. The molecule has 1 atom stereocenters. The Morgan fingerprint density at radius 3 is 2.64 bits per heavy atom. The third-order valence-corrected chi connectivity index (χ3v) is 5.15. The van der Waals surface area contributed by atoms with E-state index < -0.39 is 6.04 Å². The fraction of sp³-hybridized carbons (Fsp3) is 0.471. The highest BCUT2D eigenvalue weighted by Gasteiger charge is 2.22. The molecule has 0 saturated heterocycles. The highest BCUT2D eigenvalue weighted by atomic mass is 32.1. The number of carbonyl (C=O) groups excluding carboxylic acids is 1. The van der Waals surface area contributed by atoms with Gasteiger partial charge in [0.05, 0.1) is 23.0 Å². The molecule has 0 aliphatic heterocycles. The van der Waals surface area contributed by atoms with Crippen molar-refractivity contribution in [1.82, 2.24) is 20.1 Å². The molecule has 0 saturated carbocycles. The molecule has 2 aromatic rings. The molecule has 1 unspecified atom stereocenters. The summed E-state index contributed by atoms with van der Waals surface area (Å²) in [4.78, 5) is 29.8. The SMILES string of the molecule is CCCC(C#N)NC(=O)c1sc(-c2c(C)c(C)nn(C)c2=O)nc1C. The number of rotatable bonds is 5. The van der Waals surface area contributed by atoms with E-state index in [0.717, 1.165) is 29.0 Å². The first kappa shape index (κ1) is 18.8. The molecule has 2 aromatic heterocycles. The zero-order chi connectivity index (χ0) is 18.7. The molecule has 0 radical (unpaired) electrons. The fourth-order valence-corrected chi connectivity index (χ4v) is 3.56. The van der Waals surface area contributed by atoms with E-state index in [1.807, 2.05) is 20.8 Å². The number of hydrogen-bond acceptors (Lipinski definition) is 6. The summed E-state index contributed by atoms with van der Waals surface area (Å²) in [5.41, 5.74) is 2.26. The van der Waals surface area contributed by atoms with E-state index >= 15 is 0 Å². The van der Waals surface area contributed by atoms with E-state index in [1.54, 1.807) is 14.0 Å². The van der Waals surface area contributed by atoms with Crippen LogP contribution in [0.5, 0.6) is 0 Å². The van der Waals surface area contributed by atoms with Crippen molar-refractivity contribution in [2.75, 3.05) is 0 Å². The van der Waals surface area contributed by atoms with Crippen LogP contribution in [0.3, 0.4) is 0 Å². The number of hydrogen-bond donors (Lipinski definition) is 1. The second kappa shape index (κ2) is 7.57. The first-order chi connectivity index (χ1) is 11.8. The van der Waals surface area contributed by atoms with E-state index in [1.165, 1.54) is 4.68 Å². The maximum Gasteiger partial charge on any atom is 0.277 e. The zero-order valence-corrected chi connectivity index (χ0v) is 15.8. The summed E-state index contributed by atoms with van der Waals surface area (Å²) in [7, 11) is 1.59. The minimum atomic E-state index is -0.528. The van der Waals surface area contributed by atoms with Crippen molar-refractivity contribution in [2.45, 2.75) is 46.6 Å². The molecule has 2 heterocycles. The Balaban J connectivity index is 2.44. The molecule has 0 fully saturated rings. The summed E-state index contributed by atoms with van der Waals surface area (Å²) in [5, 5.41) is 16.5. The predicted octanol–water partition coefficient (Wildman–Crippen LogP) is 2.25. The van der Waals surface area contributed by atoms with Crippen LogP contribution in [0.15, 0.2) is 4.79 Å². The summed E-state index contributed by atoms with van der Waals surface area (Å²) in [6.45, 7) is 7.33. The van der Waals surface area contributed by atoms with Crippen molar-refractivity contribution in [3.63, 3.8) is 0 Å². The van der Waals surface area contributed by atoms with E-state index in [2.05, 4.69) is 21.5 Å². The molecule has 0 bridgehead atoms. The number of nitrogens with one attached hydrogen (secondary N) is 1. The lowest BCUT2D eigenvalue weighted by molar-refractivity contribution is 0.0947. The number of carbonyl (C=O) groups is 1. The number of amides is 1. The average molecular weight is 359 g/mol. The van der Waals surface area contributed by atoms with E-state index in [0.29, 0.717) is 27.6 Å². The Labute approximate surface area is 150 Å². The molecule has 1 amide bonds. The van der Waals surface area contributed by atoms with Gasteiger partial charge in [0.1, 0.15) is 15.9 Å². The van der Waals surface area contributed by atoms with Crippen LogP contribution >= 0.6 is 11.3 Å². The van der Waals surface area contributed by atoms with Crippen LogP contribution in [0.1, 0.15) is 46.4 Å². The molecule has 7 nitrogen and oxygen atoms in total. The first-order valence-corrected chi connectivity index (χ1v) is 8.84. The Bertz CT molecular complexity index is 907. The number of aromatic nitrogens is 3. The number of nitrogens with zero attached hydrogens (tertiary/aromatic N) is 4. The van der Waals surface area contributed by atoms with Gasteiger partial charge in [-0.15, -0.1) is 11.3 Å². The van der Waals surface area contributed by atoms with Crippen molar-refractivity contribution in [1.29, 1.82) is 5.26 Å². The van der Waals surface area contributed by atoms with Crippen LogP contribution in [-0.2, 0) is 7.05 Å². The molecular formula is C17H21N5O2S. The van der Waals surface area contributed by atoms with Crippen LogP contribution in [0.25, 0.3) is 10.6 Å². The van der Waals surface area contributed by atoms with E-state index in [4.69, 9.17) is 5.26 Å². The quantitative estimate of drug-likeness (QED) is 0.882. The van der Waals surface area contributed by atoms with Gasteiger partial charge in [0.15, 0.2) is 0 Å². The Kier molecular flexibility index (Phi) is 5.69. The third kappa shape index (κ3) is 3.77. The summed E-state index contributed by atoms with van der Waals surface area (Å²) < 4.78 is 1.28. The summed E-state index contributed by atoms with van der Waals surface area (Å²) >= 11 is 1.16. The number of thiazole rings is 1. The molecule has 132 valence electrons. The highest BCUT2D eigenvalue weighted by Crippen LogP contribution is 2.28. The van der Waals surface area contributed by atoms with Gasteiger partial charge in [-0.3, -0.25) is 9.59 Å². The summed E-state index contributed by atoms with van der Waals surface area (Å²) in [6, 6.07) is 1.56. The maximum absolute atomic E-state index is 12.5. The molecule has 0 aliphatic rings. The second-order valence-electron chi connectivity index (χ2n) is 5.89.